The van der Waals surface area contributed by atoms with Crippen LogP contribution in [0.25, 0.3) is 22.3 Å². The number of H-pyrrole nitrogens is 1. The van der Waals surface area contributed by atoms with E-state index in [1.165, 1.54) is 17.2 Å². The van der Waals surface area contributed by atoms with Gasteiger partial charge in [-0.2, -0.15) is 0 Å². The highest BCUT2D eigenvalue weighted by molar-refractivity contribution is 5.95. The van der Waals surface area contributed by atoms with Crippen molar-refractivity contribution in [2.75, 3.05) is 11.9 Å². The van der Waals surface area contributed by atoms with Gasteiger partial charge < -0.3 is 14.3 Å². The van der Waals surface area contributed by atoms with Gasteiger partial charge in [0.05, 0.1) is 12.0 Å². The highest BCUT2D eigenvalue weighted by Crippen LogP contribution is 2.44. The van der Waals surface area contributed by atoms with E-state index >= 15 is 0 Å². The zero-order valence-electron chi connectivity index (χ0n) is 15.7. The predicted octanol–water partition coefficient (Wildman–Crippen LogP) is 3.62. The van der Waals surface area contributed by atoms with Gasteiger partial charge >= 0.3 is 6.09 Å². The number of carbonyl (C=O) groups is 1. The maximum atomic E-state index is 12.5. The van der Waals surface area contributed by atoms with Gasteiger partial charge in [0, 0.05) is 19.0 Å². The van der Waals surface area contributed by atoms with Crippen LogP contribution in [0.1, 0.15) is 17.0 Å². The lowest BCUT2D eigenvalue weighted by Crippen LogP contribution is -2.19. The number of amides is 1. The van der Waals surface area contributed by atoms with E-state index in [1.54, 1.807) is 17.9 Å². The number of hydrogen-bond acceptors (Lipinski definition) is 4. The number of hydrogen-bond donors (Lipinski definition) is 2. The molecule has 29 heavy (non-hydrogen) atoms. The van der Waals surface area contributed by atoms with E-state index in [-0.39, 0.29) is 18.1 Å². The van der Waals surface area contributed by atoms with E-state index in [1.807, 2.05) is 24.3 Å². The third kappa shape index (κ3) is 2.87. The fourth-order valence-electron chi connectivity index (χ4n) is 4.03. The number of pyridine rings is 1. The van der Waals surface area contributed by atoms with Crippen LogP contribution in [0.3, 0.4) is 0 Å². The molecule has 5 rings (SSSR count). The number of nitrogens with one attached hydrogen (secondary N) is 2. The summed E-state index contributed by atoms with van der Waals surface area (Å²) in [5.74, 6) is -0.0240. The molecule has 7 nitrogen and oxygen atoms in total. The van der Waals surface area contributed by atoms with Crippen molar-refractivity contribution in [3.8, 4) is 11.1 Å². The van der Waals surface area contributed by atoms with Gasteiger partial charge in [0.25, 0.3) is 5.56 Å². The number of rotatable bonds is 3. The third-order valence-corrected chi connectivity index (χ3v) is 5.29. The molecule has 2 aromatic heterocycles. The Kier molecular flexibility index (Phi) is 3.94. The van der Waals surface area contributed by atoms with Crippen molar-refractivity contribution < 1.29 is 9.53 Å². The fourth-order valence-corrected chi connectivity index (χ4v) is 4.03. The third-order valence-electron chi connectivity index (χ3n) is 5.29. The molecular weight excluding hydrogens is 368 g/mol. The Bertz CT molecular complexity index is 1260. The second kappa shape index (κ2) is 6.63. The Labute approximate surface area is 166 Å². The molecule has 0 atom stereocenters. The van der Waals surface area contributed by atoms with Crippen LogP contribution < -0.4 is 10.9 Å². The summed E-state index contributed by atoms with van der Waals surface area (Å²) in [4.78, 5) is 31.1. The molecule has 1 aliphatic rings. The highest BCUT2D eigenvalue weighted by atomic mass is 16.5. The molecule has 1 amide bonds. The van der Waals surface area contributed by atoms with Crippen LogP contribution in [0.2, 0.25) is 0 Å². The lowest BCUT2D eigenvalue weighted by atomic mass is 9.98. The summed E-state index contributed by atoms with van der Waals surface area (Å²) in [6.45, 7) is 0.206. The van der Waals surface area contributed by atoms with E-state index in [2.05, 4.69) is 39.6 Å². The van der Waals surface area contributed by atoms with Crippen LogP contribution in [0.4, 0.5) is 10.5 Å². The summed E-state index contributed by atoms with van der Waals surface area (Å²) >= 11 is 0. The lowest BCUT2D eigenvalue weighted by Gasteiger charge is -2.15. The number of aromatic nitrogens is 3. The average Bonchev–Trinajstić information content (AvgIpc) is 3.24. The van der Waals surface area contributed by atoms with Crippen molar-refractivity contribution >= 4 is 22.9 Å². The molecular formula is C22H18N4O3. The second-order valence-corrected chi connectivity index (χ2v) is 7.05. The summed E-state index contributed by atoms with van der Waals surface area (Å²) < 4.78 is 7.28. The SMILES string of the molecule is Cn1cnc2[nH]c(=O)cc(NC(=O)OCC3c4ccccc4-c4ccccc43)c21. The first-order valence-electron chi connectivity index (χ1n) is 9.28. The standard InChI is InChI=1S/C22H18N4O3/c1-26-12-23-21-20(26)18(10-19(27)25-21)24-22(28)29-11-17-15-8-4-2-6-13(15)14-7-3-5-9-16(14)17/h2-10,12,17H,11H2,1H3,(H2,24,25,27,28). The van der Waals surface area contributed by atoms with E-state index in [9.17, 15) is 9.59 Å². The van der Waals surface area contributed by atoms with Gasteiger partial charge in [0.2, 0.25) is 0 Å². The highest BCUT2D eigenvalue weighted by Gasteiger charge is 2.29. The van der Waals surface area contributed by atoms with Gasteiger partial charge in [-0.1, -0.05) is 48.5 Å². The Morgan fingerprint density at radius 2 is 1.79 bits per heavy atom. The van der Waals surface area contributed by atoms with Crippen LogP contribution in [0.15, 0.2) is 65.7 Å². The number of imidazole rings is 1. The lowest BCUT2D eigenvalue weighted by molar-refractivity contribution is 0.158. The number of aromatic amines is 1. The molecule has 2 N–H and O–H groups in total. The van der Waals surface area contributed by atoms with Gasteiger partial charge in [0.1, 0.15) is 12.1 Å². The number of nitrogens with zero attached hydrogens (tertiary/aromatic N) is 2. The summed E-state index contributed by atoms with van der Waals surface area (Å²) in [5.41, 5.74) is 5.68. The van der Waals surface area contributed by atoms with Gasteiger partial charge in [-0.05, 0) is 22.3 Å². The molecule has 0 bridgehead atoms. The molecule has 0 saturated heterocycles. The van der Waals surface area contributed by atoms with Crippen molar-refractivity contribution in [2.24, 2.45) is 7.05 Å². The first kappa shape index (κ1) is 17.2. The number of fused-ring (bicyclic) bond motifs is 4. The molecule has 0 radical (unpaired) electrons. The van der Waals surface area contributed by atoms with Crippen molar-refractivity contribution in [2.45, 2.75) is 5.92 Å². The second-order valence-electron chi connectivity index (χ2n) is 7.05. The maximum Gasteiger partial charge on any atom is 0.411 e. The van der Waals surface area contributed by atoms with Crippen LogP contribution in [0.5, 0.6) is 0 Å². The topological polar surface area (TPSA) is 89.0 Å². The van der Waals surface area contributed by atoms with Crippen LogP contribution in [0, 0.1) is 0 Å². The first-order valence-corrected chi connectivity index (χ1v) is 9.28. The van der Waals surface area contributed by atoms with Crippen molar-refractivity contribution in [3.63, 3.8) is 0 Å². The zero-order chi connectivity index (χ0) is 20.0. The Morgan fingerprint density at radius 3 is 2.48 bits per heavy atom. The molecule has 4 aromatic rings. The van der Waals surface area contributed by atoms with Crippen LogP contribution >= 0.6 is 0 Å². The summed E-state index contributed by atoms with van der Waals surface area (Å²) in [6, 6.07) is 17.6. The van der Waals surface area contributed by atoms with Gasteiger partial charge in [0.15, 0.2) is 5.65 Å². The molecule has 2 aromatic carbocycles. The number of ether oxygens (including phenoxy) is 1. The molecule has 1 aliphatic carbocycles. The minimum Gasteiger partial charge on any atom is -0.448 e. The molecule has 0 spiro atoms. The van der Waals surface area contributed by atoms with E-state index in [0.717, 1.165) is 11.1 Å². The molecule has 0 fully saturated rings. The smallest absolute Gasteiger partial charge is 0.411 e. The van der Waals surface area contributed by atoms with E-state index < -0.39 is 6.09 Å². The zero-order valence-corrected chi connectivity index (χ0v) is 15.7. The normalized spacial score (nSPS) is 12.6. The predicted molar refractivity (Wildman–Crippen MR) is 110 cm³/mol. The molecule has 0 saturated carbocycles. The van der Waals surface area contributed by atoms with Gasteiger partial charge in [-0.15, -0.1) is 0 Å². The Hall–Kier alpha value is -3.87. The Balaban J connectivity index is 1.38. The number of anilines is 1. The van der Waals surface area contributed by atoms with Crippen molar-refractivity contribution in [1.29, 1.82) is 0 Å². The maximum absolute atomic E-state index is 12.5. The summed E-state index contributed by atoms with van der Waals surface area (Å²) in [7, 11) is 1.79. The van der Waals surface area contributed by atoms with Crippen LogP contribution in [-0.2, 0) is 11.8 Å². The van der Waals surface area contributed by atoms with Gasteiger partial charge in [-0.3, -0.25) is 10.1 Å². The molecule has 0 aliphatic heterocycles. The van der Waals surface area contributed by atoms with Crippen molar-refractivity contribution in [1.82, 2.24) is 14.5 Å². The van der Waals surface area contributed by atoms with E-state index in [4.69, 9.17) is 4.74 Å². The number of aryl methyl sites for hydroxylation is 1. The van der Waals surface area contributed by atoms with Gasteiger partial charge in [-0.25, -0.2) is 9.78 Å². The quantitative estimate of drug-likeness (QED) is 0.563. The average molecular weight is 386 g/mol. The molecule has 2 heterocycles. The summed E-state index contributed by atoms with van der Waals surface area (Å²) in [6.07, 6.45) is 0.962. The molecule has 144 valence electrons. The molecule has 0 unspecified atom stereocenters. The fraction of sp³-hybridized carbons (Fsp3) is 0.136. The largest absolute Gasteiger partial charge is 0.448 e. The minimum absolute atomic E-state index is 0.0240. The number of benzene rings is 2. The van der Waals surface area contributed by atoms with Crippen molar-refractivity contribution in [3.05, 3.63) is 82.4 Å². The minimum atomic E-state index is -0.611. The Morgan fingerprint density at radius 1 is 1.14 bits per heavy atom. The van der Waals surface area contributed by atoms with E-state index in [0.29, 0.717) is 16.9 Å². The monoisotopic (exact) mass is 386 g/mol. The summed E-state index contributed by atoms with van der Waals surface area (Å²) in [5, 5.41) is 2.68. The van der Waals surface area contributed by atoms with Crippen LogP contribution in [-0.4, -0.2) is 27.2 Å². The number of carbonyl (C=O) groups excluding carboxylic acids is 1. The molecule has 7 heteroatoms. The first-order chi connectivity index (χ1) is 14.1.